The topological polar surface area (TPSA) is 60.9 Å². The van der Waals surface area contributed by atoms with Crippen molar-refractivity contribution in [1.29, 1.82) is 0 Å². The molecule has 0 aromatic carbocycles. The Kier molecular flexibility index (Phi) is 5.95. The van der Waals surface area contributed by atoms with Gasteiger partial charge in [-0.25, -0.2) is 4.79 Å². The monoisotopic (exact) mass is 256 g/mol. The van der Waals surface area contributed by atoms with Crippen LogP contribution in [-0.4, -0.2) is 54.1 Å². The van der Waals surface area contributed by atoms with Crippen molar-refractivity contribution in [2.45, 2.75) is 38.5 Å². The normalized spacial score (nSPS) is 15.7. The highest BCUT2D eigenvalue weighted by molar-refractivity contribution is 5.74. The summed E-state index contributed by atoms with van der Waals surface area (Å²) < 4.78 is 0. The molecule has 1 aliphatic rings. The van der Waals surface area contributed by atoms with Crippen LogP contribution in [0.25, 0.3) is 0 Å². The molecule has 0 bridgehead atoms. The number of carbonyl (C=O) groups is 2. The van der Waals surface area contributed by atoms with Gasteiger partial charge < -0.3 is 14.9 Å². The van der Waals surface area contributed by atoms with Crippen molar-refractivity contribution < 1.29 is 14.7 Å². The van der Waals surface area contributed by atoms with Crippen LogP contribution in [0, 0.1) is 5.92 Å². The number of amides is 2. The molecule has 1 saturated carbocycles. The van der Waals surface area contributed by atoms with Gasteiger partial charge in [0.05, 0.1) is 0 Å². The number of hydrogen-bond donors (Lipinski definition) is 1. The minimum absolute atomic E-state index is 0.00714. The average Bonchev–Trinajstić information content (AvgIpc) is 2.80. The van der Waals surface area contributed by atoms with E-state index in [9.17, 15) is 9.59 Å². The van der Waals surface area contributed by atoms with Crippen molar-refractivity contribution in [3.05, 3.63) is 0 Å². The number of urea groups is 1. The minimum atomic E-state index is -0.810. The van der Waals surface area contributed by atoms with E-state index in [1.165, 1.54) is 25.7 Å². The highest BCUT2D eigenvalue weighted by Gasteiger charge is 2.21. The maximum Gasteiger partial charge on any atom is 0.319 e. The molecule has 0 spiro atoms. The Morgan fingerprint density at radius 1 is 1.17 bits per heavy atom. The van der Waals surface area contributed by atoms with Crippen molar-refractivity contribution in [3.8, 4) is 0 Å². The molecule has 0 unspecified atom stereocenters. The van der Waals surface area contributed by atoms with Crippen LogP contribution in [0.1, 0.15) is 38.5 Å². The maximum atomic E-state index is 12.0. The zero-order chi connectivity index (χ0) is 13.5. The number of nitrogens with zero attached hydrogens (tertiary/aromatic N) is 2. The Bertz CT molecular complexity index is 288. The summed E-state index contributed by atoms with van der Waals surface area (Å²) in [5, 5.41) is 8.55. The number of carboxylic acid groups (broad SMARTS) is 1. The van der Waals surface area contributed by atoms with Crippen LogP contribution in [0.4, 0.5) is 4.79 Å². The van der Waals surface area contributed by atoms with E-state index in [1.807, 2.05) is 7.05 Å². The summed E-state index contributed by atoms with van der Waals surface area (Å²) >= 11 is 0. The molecule has 1 aliphatic carbocycles. The number of carbonyl (C=O) groups excluding carboxylic acids is 1. The summed E-state index contributed by atoms with van der Waals surface area (Å²) in [6, 6.07) is -0.00714. The lowest BCUT2D eigenvalue weighted by Crippen LogP contribution is -2.41. The highest BCUT2D eigenvalue weighted by Crippen LogP contribution is 2.25. The van der Waals surface area contributed by atoms with Crippen molar-refractivity contribution in [2.75, 3.05) is 27.2 Å². The summed E-state index contributed by atoms with van der Waals surface area (Å²) in [4.78, 5) is 25.8. The molecule has 5 nitrogen and oxygen atoms in total. The van der Waals surface area contributed by atoms with E-state index in [1.54, 1.807) is 16.8 Å². The largest absolute Gasteiger partial charge is 0.481 e. The van der Waals surface area contributed by atoms with Crippen molar-refractivity contribution in [2.24, 2.45) is 5.92 Å². The number of rotatable bonds is 6. The van der Waals surface area contributed by atoms with Crippen molar-refractivity contribution in [1.82, 2.24) is 9.80 Å². The molecule has 0 atom stereocenters. The molecule has 0 saturated heterocycles. The lowest BCUT2D eigenvalue weighted by Gasteiger charge is -2.26. The molecular weight excluding hydrogens is 232 g/mol. The first-order chi connectivity index (χ1) is 8.50. The van der Waals surface area contributed by atoms with Crippen molar-refractivity contribution in [3.63, 3.8) is 0 Å². The van der Waals surface area contributed by atoms with Gasteiger partial charge >= 0.3 is 12.0 Å². The molecule has 0 heterocycles. The van der Waals surface area contributed by atoms with Crippen molar-refractivity contribution >= 4 is 12.0 Å². The van der Waals surface area contributed by atoms with E-state index in [0.29, 0.717) is 18.9 Å². The number of carboxylic acids is 1. The average molecular weight is 256 g/mol. The Balaban J connectivity index is 2.25. The fourth-order valence-electron chi connectivity index (χ4n) is 2.51. The molecule has 5 heteroatoms. The smallest absolute Gasteiger partial charge is 0.319 e. The zero-order valence-electron chi connectivity index (χ0n) is 11.4. The van der Waals surface area contributed by atoms with E-state index in [-0.39, 0.29) is 12.5 Å². The molecule has 1 rings (SSSR count). The second-order valence-corrected chi connectivity index (χ2v) is 5.23. The molecule has 0 radical (unpaired) electrons. The van der Waals surface area contributed by atoms with Gasteiger partial charge in [-0.3, -0.25) is 4.79 Å². The highest BCUT2D eigenvalue weighted by atomic mass is 16.4. The molecule has 18 heavy (non-hydrogen) atoms. The van der Waals surface area contributed by atoms with Gasteiger partial charge in [0, 0.05) is 33.6 Å². The predicted octanol–water partition coefficient (Wildman–Crippen LogP) is 2.02. The van der Waals surface area contributed by atoms with Crippen LogP contribution in [0.2, 0.25) is 0 Å². The third-order valence-corrected chi connectivity index (χ3v) is 3.54. The summed E-state index contributed by atoms with van der Waals surface area (Å²) in [6.45, 7) is 1.32. The number of hydrogen-bond acceptors (Lipinski definition) is 2. The molecule has 2 amide bonds. The first kappa shape index (κ1) is 14.8. The van der Waals surface area contributed by atoms with Crippen LogP contribution in [0.3, 0.4) is 0 Å². The molecule has 104 valence electrons. The maximum absolute atomic E-state index is 12.0. The van der Waals surface area contributed by atoms with E-state index >= 15 is 0 Å². The van der Waals surface area contributed by atoms with Gasteiger partial charge in [0.1, 0.15) is 0 Å². The fraction of sp³-hybridized carbons (Fsp3) is 0.846. The van der Waals surface area contributed by atoms with Gasteiger partial charge in [-0.05, 0) is 25.2 Å². The Morgan fingerprint density at radius 2 is 1.78 bits per heavy atom. The first-order valence-electron chi connectivity index (χ1n) is 6.68. The molecule has 0 aliphatic heterocycles. The molecule has 0 aromatic rings. The van der Waals surface area contributed by atoms with Gasteiger partial charge in [-0.2, -0.15) is 0 Å². The standard InChI is InChI=1S/C13H24N2O3/c1-14(9-5-8-12(16)17)13(18)15(2)10-11-6-3-4-7-11/h11H,3-10H2,1-2H3,(H,16,17). The first-order valence-corrected chi connectivity index (χ1v) is 6.68. The van der Waals surface area contributed by atoms with Crippen LogP contribution < -0.4 is 0 Å². The fourth-order valence-corrected chi connectivity index (χ4v) is 2.51. The summed E-state index contributed by atoms with van der Waals surface area (Å²) in [6.07, 6.45) is 5.63. The van der Waals surface area contributed by atoms with Gasteiger partial charge in [0.25, 0.3) is 0 Å². The van der Waals surface area contributed by atoms with Gasteiger partial charge in [-0.1, -0.05) is 12.8 Å². The number of aliphatic carboxylic acids is 1. The minimum Gasteiger partial charge on any atom is -0.481 e. The molecular formula is C13H24N2O3. The van der Waals surface area contributed by atoms with Crippen LogP contribution >= 0.6 is 0 Å². The van der Waals surface area contributed by atoms with E-state index in [2.05, 4.69) is 0 Å². The third-order valence-electron chi connectivity index (χ3n) is 3.54. The SMILES string of the molecule is CN(CCCC(=O)O)C(=O)N(C)CC1CCCC1. The second-order valence-electron chi connectivity index (χ2n) is 5.23. The van der Waals surface area contributed by atoms with E-state index < -0.39 is 5.97 Å². The van der Waals surface area contributed by atoms with E-state index in [4.69, 9.17) is 5.11 Å². The van der Waals surface area contributed by atoms with Gasteiger partial charge in [0.2, 0.25) is 0 Å². The molecule has 1 fully saturated rings. The van der Waals surface area contributed by atoms with Crippen LogP contribution in [-0.2, 0) is 4.79 Å². The molecule has 1 N–H and O–H groups in total. The second kappa shape index (κ2) is 7.24. The van der Waals surface area contributed by atoms with E-state index in [0.717, 1.165) is 6.54 Å². The lowest BCUT2D eigenvalue weighted by atomic mass is 10.1. The Hall–Kier alpha value is -1.26. The van der Waals surface area contributed by atoms with Gasteiger partial charge in [-0.15, -0.1) is 0 Å². The third kappa shape index (κ3) is 4.94. The van der Waals surface area contributed by atoms with Gasteiger partial charge in [0.15, 0.2) is 0 Å². The zero-order valence-corrected chi connectivity index (χ0v) is 11.4. The predicted molar refractivity (Wildman–Crippen MR) is 69.5 cm³/mol. The summed E-state index contributed by atoms with van der Waals surface area (Å²) in [5.41, 5.74) is 0. The summed E-state index contributed by atoms with van der Waals surface area (Å²) in [7, 11) is 3.56. The van der Waals surface area contributed by atoms with Crippen LogP contribution in [0.5, 0.6) is 0 Å². The Morgan fingerprint density at radius 3 is 2.33 bits per heavy atom. The quantitative estimate of drug-likeness (QED) is 0.791. The summed E-state index contributed by atoms with van der Waals surface area (Å²) in [5.74, 6) is -0.165. The van der Waals surface area contributed by atoms with Crippen LogP contribution in [0.15, 0.2) is 0 Å². The molecule has 0 aromatic heterocycles. The lowest BCUT2D eigenvalue weighted by molar-refractivity contribution is -0.137. The Labute approximate surface area is 109 Å².